The molecule has 1 amide bonds. The number of hydrogen-bond acceptors (Lipinski definition) is 4. The molecule has 21 heavy (non-hydrogen) atoms. The molecule has 116 valence electrons. The van der Waals surface area contributed by atoms with Gasteiger partial charge in [0.25, 0.3) is 0 Å². The number of carbonyl (C=O) groups excluding carboxylic acids is 1. The lowest BCUT2D eigenvalue weighted by molar-refractivity contribution is -0.120. The maximum Gasteiger partial charge on any atom is 0.238 e. The summed E-state index contributed by atoms with van der Waals surface area (Å²) < 4.78 is 0. The number of aliphatic hydroxyl groups excluding tert-OH is 1. The minimum absolute atomic E-state index is 0.173. The van der Waals surface area contributed by atoms with Crippen LogP contribution in [0.25, 0.3) is 0 Å². The van der Waals surface area contributed by atoms with Gasteiger partial charge in [-0.2, -0.15) is 0 Å². The van der Waals surface area contributed by atoms with Crippen LogP contribution < -0.4 is 11.3 Å². The summed E-state index contributed by atoms with van der Waals surface area (Å²) >= 11 is 0. The minimum Gasteiger partial charge on any atom is -0.396 e. The van der Waals surface area contributed by atoms with Crippen molar-refractivity contribution in [1.29, 1.82) is 0 Å². The van der Waals surface area contributed by atoms with Crippen LogP contribution >= 0.6 is 0 Å². The Labute approximate surface area is 126 Å². The van der Waals surface area contributed by atoms with E-state index in [-0.39, 0.29) is 12.5 Å². The number of aliphatic hydroxyl groups is 1. The van der Waals surface area contributed by atoms with E-state index in [0.29, 0.717) is 12.5 Å². The fourth-order valence-corrected chi connectivity index (χ4v) is 3.07. The lowest BCUT2D eigenvalue weighted by Gasteiger charge is -2.36. The highest BCUT2D eigenvalue weighted by Crippen LogP contribution is 2.23. The van der Waals surface area contributed by atoms with Gasteiger partial charge in [0.2, 0.25) is 5.91 Å². The Hall–Kier alpha value is -1.43. The summed E-state index contributed by atoms with van der Waals surface area (Å²) in [7, 11) is 0. The van der Waals surface area contributed by atoms with Gasteiger partial charge in [-0.05, 0) is 36.9 Å². The van der Waals surface area contributed by atoms with Crippen molar-refractivity contribution in [2.75, 3.05) is 13.2 Å². The topological polar surface area (TPSA) is 78.6 Å². The second-order valence-electron chi connectivity index (χ2n) is 5.65. The monoisotopic (exact) mass is 291 g/mol. The molecule has 1 aromatic carbocycles. The highest BCUT2D eigenvalue weighted by molar-refractivity contribution is 5.78. The fourth-order valence-electron chi connectivity index (χ4n) is 3.07. The predicted molar refractivity (Wildman–Crippen MR) is 82.2 cm³/mol. The molecule has 0 aromatic heterocycles. The van der Waals surface area contributed by atoms with Crippen molar-refractivity contribution in [3.05, 3.63) is 35.4 Å². The first-order valence-electron chi connectivity index (χ1n) is 7.65. The van der Waals surface area contributed by atoms with Crippen molar-refractivity contribution < 1.29 is 9.90 Å². The first-order valence-corrected chi connectivity index (χ1v) is 7.65. The molecule has 0 saturated carbocycles. The molecule has 1 aliphatic heterocycles. The molecular weight excluding hydrogens is 266 g/mol. The number of hydrogen-bond donors (Lipinski definition) is 3. The lowest BCUT2D eigenvalue weighted by atomic mass is 9.97. The largest absolute Gasteiger partial charge is 0.396 e. The third-order valence-electron chi connectivity index (χ3n) is 4.22. The van der Waals surface area contributed by atoms with Gasteiger partial charge in [0.15, 0.2) is 0 Å². The van der Waals surface area contributed by atoms with E-state index in [0.717, 1.165) is 31.5 Å². The molecule has 4 N–H and O–H groups in total. The number of amides is 1. The number of benzene rings is 1. The van der Waals surface area contributed by atoms with Crippen LogP contribution in [-0.2, 0) is 17.8 Å². The summed E-state index contributed by atoms with van der Waals surface area (Å²) in [6.45, 7) is 2.12. The quantitative estimate of drug-likeness (QED) is 0.414. The summed E-state index contributed by atoms with van der Waals surface area (Å²) in [6, 6.07) is 8.45. The molecule has 0 spiro atoms. The maximum absolute atomic E-state index is 11.5. The first kappa shape index (κ1) is 15.9. The third-order valence-corrected chi connectivity index (χ3v) is 4.22. The van der Waals surface area contributed by atoms with Crippen molar-refractivity contribution in [3.8, 4) is 0 Å². The number of rotatable bonds is 6. The van der Waals surface area contributed by atoms with Crippen LogP contribution in [-0.4, -0.2) is 35.1 Å². The van der Waals surface area contributed by atoms with Gasteiger partial charge in [0.1, 0.15) is 0 Å². The van der Waals surface area contributed by atoms with Crippen LogP contribution in [0.1, 0.15) is 36.8 Å². The zero-order valence-electron chi connectivity index (χ0n) is 12.4. The summed E-state index contributed by atoms with van der Waals surface area (Å²) in [6.07, 6.45) is 4.72. The third kappa shape index (κ3) is 4.52. The Morgan fingerprint density at radius 1 is 1.33 bits per heavy atom. The maximum atomic E-state index is 11.5. The highest BCUT2D eigenvalue weighted by atomic mass is 16.3. The molecule has 1 atom stereocenters. The first-order chi connectivity index (χ1) is 10.2. The summed E-state index contributed by atoms with van der Waals surface area (Å²) in [4.78, 5) is 13.9. The second kappa shape index (κ2) is 8.12. The molecule has 0 aliphatic carbocycles. The number of nitrogens with two attached hydrogens (primary N) is 1. The van der Waals surface area contributed by atoms with Crippen LogP contribution in [0.4, 0.5) is 0 Å². The molecule has 0 bridgehead atoms. The van der Waals surface area contributed by atoms with E-state index in [1.54, 1.807) is 0 Å². The van der Waals surface area contributed by atoms with Gasteiger partial charge in [-0.1, -0.05) is 30.7 Å². The molecule has 0 radical (unpaired) electrons. The Balaban J connectivity index is 2.08. The summed E-state index contributed by atoms with van der Waals surface area (Å²) in [5.74, 6) is 5.00. The molecule has 1 fully saturated rings. The van der Waals surface area contributed by atoms with Gasteiger partial charge >= 0.3 is 0 Å². The number of piperidine rings is 1. The Morgan fingerprint density at radius 2 is 2.10 bits per heavy atom. The van der Waals surface area contributed by atoms with Crippen molar-refractivity contribution in [1.82, 2.24) is 10.3 Å². The molecule has 1 unspecified atom stereocenters. The lowest BCUT2D eigenvalue weighted by Crippen LogP contribution is -2.39. The normalized spacial score (nSPS) is 19.4. The van der Waals surface area contributed by atoms with E-state index >= 15 is 0 Å². The zero-order chi connectivity index (χ0) is 15.1. The highest BCUT2D eigenvalue weighted by Gasteiger charge is 2.22. The summed E-state index contributed by atoms with van der Waals surface area (Å²) in [5.41, 5.74) is 4.38. The Bertz CT molecular complexity index is 463. The average molecular weight is 291 g/mol. The van der Waals surface area contributed by atoms with Crippen molar-refractivity contribution in [2.45, 2.75) is 44.7 Å². The average Bonchev–Trinajstić information content (AvgIpc) is 2.51. The molecule has 1 saturated heterocycles. The fraction of sp³-hybridized carbons (Fsp3) is 0.562. The van der Waals surface area contributed by atoms with E-state index < -0.39 is 0 Å². The Kier molecular flexibility index (Phi) is 6.17. The number of nitrogens with zero attached hydrogens (tertiary/aromatic N) is 1. The smallest absolute Gasteiger partial charge is 0.238 e. The van der Waals surface area contributed by atoms with Gasteiger partial charge < -0.3 is 5.11 Å². The standard InChI is InChI=1S/C16H25N3O2/c17-18-16(21)11-13-5-1-2-6-14(13)12-19-9-4-3-7-15(19)8-10-20/h1-2,5-6,15,20H,3-4,7-12,17H2,(H,18,21). The van der Waals surface area contributed by atoms with Gasteiger partial charge in [-0.3, -0.25) is 15.1 Å². The van der Waals surface area contributed by atoms with Crippen LogP contribution in [0, 0.1) is 0 Å². The van der Waals surface area contributed by atoms with E-state index in [1.165, 1.54) is 18.4 Å². The van der Waals surface area contributed by atoms with Crippen LogP contribution in [0.2, 0.25) is 0 Å². The predicted octanol–water partition coefficient (Wildman–Crippen LogP) is 0.956. The van der Waals surface area contributed by atoms with Gasteiger partial charge in [0, 0.05) is 19.2 Å². The SMILES string of the molecule is NNC(=O)Cc1ccccc1CN1CCCCC1CCO. The number of hydrazine groups is 1. The van der Waals surface area contributed by atoms with Gasteiger partial charge in [-0.15, -0.1) is 0 Å². The molecule has 2 rings (SSSR count). The molecular formula is C16H25N3O2. The van der Waals surface area contributed by atoms with Crippen molar-refractivity contribution in [3.63, 3.8) is 0 Å². The number of likely N-dealkylation sites (tertiary alicyclic amines) is 1. The second-order valence-corrected chi connectivity index (χ2v) is 5.65. The molecule has 1 heterocycles. The number of carbonyl (C=O) groups is 1. The van der Waals surface area contributed by atoms with Crippen molar-refractivity contribution >= 4 is 5.91 Å². The number of nitrogens with one attached hydrogen (secondary N) is 1. The molecule has 5 heteroatoms. The molecule has 5 nitrogen and oxygen atoms in total. The molecule has 1 aliphatic rings. The van der Waals surface area contributed by atoms with Crippen LogP contribution in [0.5, 0.6) is 0 Å². The zero-order valence-corrected chi connectivity index (χ0v) is 12.4. The molecule has 1 aromatic rings. The minimum atomic E-state index is -0.173. The Morgan fingerprint density at radius 3 is 2.81 bits per heavy atom. The van der Waals surface area contributed by atoms with E-state index in [9.17, 15) is 9.90 Å². The van der Waals surface area contributed by atoms with Crippen LogP contribution in [0.3, 0.4) is 0 Å². The van der Waals surface area contributed by atoms with Gasteiger partial charge in [0.05, 0.1) is 6.42 Å². The van der Waals surface area contributed by atoms with E-state index in [4.69, 9.17) is 5.84 Å². The summed E-state index contributed by atoms with van der Waals surface area (Å²) in [5, 5.41) is 9.21. The van der Waals surface area contributed by atoms with Crippen molar-refractivity contribution in [2.24, 2.45) is 5.84 Å². The van der Waals surface area contributed by atoms with E-state index in [2.05, 4.69) is 16.4 Å². The van der Waals surface area contributed by atoms with E-state index in [1.807, 2.05) is 18.2 Å². The van der Waals surface area contributed by atoms with Crippen LogP contribution in [0.15, 0.2) is 24.3 Å². The van der Waals surface area contributed by atoms with Gasteiger partial charge in [-0.25, -0.2) is 5.84 Å².